The Kier molecular flexibility index (Phi) is 5.31. The van der Waals surface area contributed by atoms with Crippen LogP contribution < -0.4 is 21.5 Å². The molecular weight excluding hydrogens is 347 g/mol. The Morgan fingerprint density at radius 1 is 1.08 bits per heavy atom. The molecule has 0 fully saturated rings. The maximum Gasteiger partial charge on any atom is 0.253 e. The van der Waals surface area contributed by atoms with E-state index in [1.807, 2.05) is 19.9 Å². The maximum absolute atomic E-state index is 11.9. The van der Waals surface area contributed by atoms with Crippen LogP contribution in [0.25, 0.3) is 0 Å². The highest BCUT2D eigenvalue weighted by Crippen LogP contribution is 2.28. The first-order chi connectivity index (χ1) is 11.0. The predicted molar refractivity (Wildman–Crippen MR) is 102 cm³/mol. The quantitative estimate of drug-likeness (QED) is 0.769. The van der Waals surface area contributed by atoms with Crippen molar-refractivity contribution in [2.45, 2.75) is 47.2 Å². The average Bonchev–Trinajstić information content (AvgIpc) is 2.46. The Balaban J connectivity index is 2.19. The fourth-order valence-corrected chi connectivity index (χ4v) is 2.93. The van der Waals surface area contributed by atoms with Gasteiger partial charge in [0.1, 0.15) is 11.4 Å². The zero-order valence-electron chi connectivity index (χ0n) is 14.5. The molecule has 2 rings (SSSR count). The molecule has 0 spiro atoms. The summed E-state index contributed by atoms with van der Waals surface area (Å²) in [5, 5.41) is 7.29. The Bertz CT molecular complexity index is 808. The summed E-state index contributed by atoms with van der Waals surface area (Å²) in [7, 11) is 0. The fourth-order valence-electron chi connectivity index (χ4n) is 2.26. The van der Waals surface area contributed by atoms with Gasteiger partial charge in [-0.15, -0.1) is 0 Å². The van der Waals surface area contributed by atoms with Gasteiger partial charge in [-0.2, -0.15) is 0 Å². The molecule has 0 saturated carbocycles. The highest BCUT2D eigenvalue weighted by molar-refractivity contribution is 6.35. The van der Waals surface area contributed by atoms with Gasteiger partial charge in [0.2, 0.25) is 0 Å². The molecule has 0 aliphatic carbocycles. The van der Waals surface area contributed by atoms with E-state index in [9.17, 15) is 9.59 Å². The van der Waals surface area contributed by atoms with Gasteiger partial charge in [-0.25, -0.2) is 0 Å². The molecule has 0 bridgehead atoms. The number of aryl methyl sites for hydroxylation is 1. The van der Waals surface area contributed by atoms with E-state index in [0.29, 0.717) is 28.0 Å². The molecule has 24 heavy (non-hydrogen) atoms. The normalized spacial score (nSPS) is 13.1. The standard InChI is InChI=1S/C18H22Cl2N2O2/c1-9-6-11(19)7-13(20)12(9)8-21-14-15(17(24)16(14)23)22-10(2)18(3,4)5/h6-7,10,21-22H,8H2,1-5H3/t10-/m0/s1. The van der Waals surface area contributed by atoms with E-state index in [1.54, 1.807) is 6.07 Å². The lowest BCUT2D eigenvalue weighted by atomic mass is 9.87. The van der Waals surface area contributed by atoms with Crippen molar-refractivity contribution in [2.24, 2.45) is 5.41 Å². The zero-order valence-corrected chi connectivity index (χ0v) is 16.0. The third-order valence-corrected chi connectivity index (χ3v) is 4.95. The van der Waals surface area contributed by atoms with Crippen molar-refractivity contribution in [2.75, 3.05) is 10.6 Å². The predicted octanol–water partition coefficient (Wildman–Crippen LogP) is 4.36. The van der Waals surface area contributed by atoms with Gasteiger partial charge in [-0.1, -0.05) is 44.0 Å². The summed E-state index contributed by atoms with van der Waals surface area (Å²) in [5.41, 5.74) is 1.44. The van der Waals surface area contributed by atoms with Gasteiger partial charge in [0.25, 0.3) is 10.9 Å². The molecule has 1 atom stereocenters. The summed E-state index contributed by atoms with van der Waals surface area (Å²) in [6.07, 6.45) is 0. The van der Waals surface area contributed by atoms with Crippen molar-refractivity contribution in [3.63, 3.8) is 0 Å². The van der Waals surface area contributed by atoms with Crippen LogP contribution >= 0.6 is 23.2 Å². The minimum atomic E-state index is -0.499. The third kappa shape index (κ3) is 3.76. The van der Waals surface area contributed by atoms with E-state index in [2.05, 4.69) is 31.4 Å². The molecule has 0 aliphatic rings. The number of anilines is 2. The maximum atomic E-state index is 11.9. The van der Waals surface area contributed by atoms with Gasteiger partial charge in [0.05, 0.1) is 0 Å². The van der Waals surface area contributed by atoms with Crippen LogP contribution in [-0.2, 0) is 6.54 Å². The summed E-state index contributed by atoms with van der Waals surface area (Å²) in [5.74, 6) is 0. The van der Waals surface area contributed by atoms with Crippen molar-refractivity contribution < 1.29 is 0 Å². The summed E-state index contributed by atoms with van der Waals surface area (Å²) in [6, 6.07) is 3.52. The highest BCUT2D eigenvalue weighted by atomic mass is 35.5. The second-order valence-electron chi connectivity index (χ2n) is 7.18. The number of rotatable bonds is 5. The number of hydrogen-bond acceptors (Lipinski definition) is 4. The first kappa shape index (κ1) is 18.8. The summed E-state index contributed by atoms with van der Waals surface area (Å²) in [4.78, 5) is 23.8. The number of benzene rings is 1. The number of hydrogen-bond donors (Lipinski definition) is 2. The van der Waals surface area contributed by atoms with Crippen LogP contribution in [0.1, 0.15) is 38.8 Å². The Morgan fingerprint density at radius 2 is 1.67 bits per heavy atom. The fraction of sp³-hybridized carbons (Fsp3) is 0.444. The van der Waals surface area contributed by atoms with E-state index in [-0.39, 0.29) is 11.5 Å². The van der Waals surface area contributed by atoms with E-state index in [1.165, 1.54) is 0 Å². The molecule has 2 aromatic carbocycles. The number of halogens is 2. The molecule has 6 heteroatoms. The molecule has 0 unspecified atom stereocenters. The van der Waals surface area contributed by atoms with Gasteiger partial charge >= 0.3 is 0 Å². The van der Waals surface area contributed by atoms with E-state index < -0.39 is 10.9 Å². The van der Waals surface area contributed by atoms with Gasteiger partial charge in [-0.05, 0) is 42.5 Å². The molecule has 0 heterocycles. The minimum absolute atomic E-state index is 0.0346. The van der Waals surface area contributed by atoms with Crippen molar-refractivity contribution in [3.8, 4) is 0 Å². The molecule has 0 amide bonds. The minimum Gasteiger partial charge on any atom is -0.377 e. The molecule has 0 saturated heterocycles. The molecule has 2 aromatic rings. The third-order valence-electron chi connectivity index (χ3n) is 4.40. The average molecular weight is 369 g/mol. The second kappa shape index (κ2) is 6.77. The second-order valence-corrected chi connectivity index (χ2v) is 8.02. The zero-order chi connectivity index (χ0) is 18.2. The van der Waals surface area contributed by atoms with Crippen LogP contribution in [0.4, 0.5) is 11.4 Å². The SMILES string of the molecule is Cc1cc(Cl)cc(Cl)c1CNc1c(N[C@@H](C)C(C)(C)C)c(=O)c1=O. The van der Waals surface area contributed by atoms with E-state index in [4.69, 9.17) is 23.2 Å². The van der Waals surface area contributed by atoms with Gasteiger partial charge in [-0.3, -0.25) is 9.59 Å². The van der Waals surface area contributed by atoms with E-state index in [0.717, 1.165) is 11.1 Å². The largest absolute Gasteiger partial charge is 0.377 e. The first-order valence-electron chi connectivity index (χ1n) is 7.80. The molecule has 0 radical (unpaired) electrons. The summed E-state index contributed by atoms with van der Waals surface area (Å²) >= 11 is 12.2. The lowest BCUT2D eigenvalue weighted by molar-refractivity contribution is 0.359. The molecule has 0 aromatic heterocycles. The van der Waals surface area contributed by atoms with Crippen LogP contribution in [0.15, 0.2) is 21.7 Å². The molecule has 2 N–H and O–H groups in total. The van der Waals surface area contributed by atoms with Crippen LogP contribution in [0.3, 0.4) is 0 Å². The number of nitrogens with one attached hydrogen (secondary N) is 2. The van der Waals surface area contributed by atoms with Crippen molar-refractivity contribution in [1.82, 2.24) is 0 Å². The monoisotopic (exact) mass is 368 g/mol. The van der Waals surface area contributed by atoms with Crippen LogP contribution in [-0.4, -0.2) is 6.04 Å². The Hall–Kier alpha value is -1.52. The molecule has 4 nitrogen and oxygen atoms in total. The van der Waals surface area contributed by atoms with Crippen molar-refractivity contribution in [3.05, 3.63) is 53.8 Å². The Morgan fingerprint density at radius 3 is 2.21 bits per heavy atom. The Labute approximate surface area is 151 Å². The van der Waals surface area contributed by atoms with E-state index >= 15 is 0 Å². The molecule has 0 aliphatic heterocycles. The van der Waals surface area contributed by atoms with Gasteiger partial charge in [0.15, 0.2) is 0 Å². The van der Waals surface area contributed by atoms with Gasteiger partial charge < -0.3 is 10.6 Å². The smallest absolute Gasteiger partial charge is 0.253 e. The summed E-state index contributed by atoms with van der Waals surface area (Å²) in [6.45, 7) is 10.4. The topological polar surface area (TPSA) is 58.2 Å². The molecular formula is C18H22Cl2N2O2. The van der Waals surface area contributed by atoms with Crippen LogP contribution in [0.2, 0.25) is 10.0 Å². The van der Waals surface area contributed by atoms with Crippen LogP contribution in [0.5, 0.6) is 0 Å². The lowest BCUT2D eigenvalue weighted by Crippen LogP contribution is -2.42. The first-order valence-corrected chi connectivity index (χ1v) is 8.56. The van der Waals surface area contributed by atoms with Crippen LogP contribution in [0, 0.1) is 12.3 Å². The van der Waals surface area contributed by atoms with Crippen molar-refractivity contribution in [1.29, 1.82) is 0 Å². The highest BCUT2D eigenvalue weighted by Gasteiger charge is 2.26. The molecule has 130 valence electrons. The van der Waals surface area contributed by atoms with Gasteiger partial charge in [0, 0.05) is 22.6 Å². The summed E-state index contributed by atoms with van der Waals surface area (Å²) < 4.78 is 0. The lowest BCUT2D eigenvalue weighted by Gasteiger charge is -2.30. The van der Waals surface area contributed by atoms with Crippen molar-refractivity contribution >= 4 is 34.6 Å².